The van der Waals surface area contributed by atoms with E-state index in [0.717, 1.165) is 41.5 Å². The van der Waals surface area contributed by atoms with Crippen LogP contribution in [0.1, 0.15) is 23.3 Å². The second kappa shape index (κ2) is 14.8. The van der Waals surface area contributed by atoms with Crippen molar-refractivity contribution in [1.82, 2.24) is 15.2 Å². The van der Waals surface area contributed by atoms with Crippen LogP contribution in [0.2, 0.25) is 0 Å². The van der Waals surface area contributed by atoms with E-state index < -0.39 is 0 Å². The lowest BCUT2D eigenvalue weighted by molar-refractivity contribution is 0.111. The Morgan fingerprint density at radius 2 is 2.08 bits per heavy atom. The van der Waals surface area contributed by atoms with E-state index in [1.54, 1.807) is 26.4 Å². The molecule has 1 fully saturated rings. The summed E-state index contributed by atoms with van der Waals surface area (Å²) in [5, 5.41) is 17.5. The van der Waals surface area contributed by atoms with Gasteiger partial charge in [-0.3, -0.25) is 9.69 Å². The summed E-state index contributed by atoms with van der Waals surface area (Å²) in [6.07, 6.45) is 3.36. The van der Waals surface area contributed by atoms with Crippen molar-refractivity contribution in [2.24, 2.45) is 0 Å². The summed E-state index contributed by atoms with van der Waals surface area (Å²) in [6.45, 7) is 8.38. The summed E-state index contributed by atoms with van der Waals surface area (Å²) in [5.41, 5.74) is 3.20. The number of anilines is 1. The topological polar surface area (TPSA) is 99.5 Å². The number of pyridine rings is 1. The quantitative estimate of drug-likeness (QED) is 0.300. The second-order valence-corrected chi connectivity index (χ2v) is 9.13. The molecule has 1 aliphatic rings. The molecular weight excluding hydrogens is 478 g/mol. The van der Waals surface area contributed by atoms with Gasteiger partial charge in [0, 0.05) is 49.3 Å². The molecule has 1 saturated heterocycles. The number of benzene rings is 2. The van der Waals surface area contributed by atoms with E-state index in [0.29, 0.717) is 35.3 Å². The molecule has 0 amide bonds. The fraction of sp³-hybridized carbons (Fsp3) is 0.367. The van der Waals surface area contributed by atoms with Gasteiger partial charge in [-0.2, -0.15) is 5.26 Å². The molecule has 1 aliphatic heterocycles. The predicted molar refractivity (Wildman–Crippen MR) is 153 cm³/mol. The summed E-state index contributed by atoms with van der Waals surface area (Å²) < 4.78 is 10.5. The third kappa shape index (κ3) is 7.86. The number of aromatic nitrogens is 1. The summed E-state index contributed by atoms with van der Waals surface area (Å²) in [7, 11) is 5.41. The lowest BCUT2D eigenvalue weighted by Gasteiger charge is -2.32. The van der Waals surface area contributed by atoms with Gasteiger partial charge in [-0.1, -0.05) is 30.8 Å². The second-order valence-electron chi connectivity index (χ2n) is 9.13. The summed E-state index contributed by atoms with van der Waals surface area (Å²) in [6, 6.07) is 17.8. The number of nitriles is 1. The molecule has 1 unspecified atom stereocenters. The number of hydrogen-bond donors (Lipinski definition) is 2. The Hall–Kier alpha value is -3.77. The third-order valence-electron chi connectivity index (χ3n) is 6.55. The van der Waals surface area contributed by atoms with E-state index in [4.69, 9.17) is 14.7 Å². The maximum Gasteiger partial charge on any atom is 0.168 e. The molecule has 8 heteroatoms. The normalized spacial score (nSPS) is 15.2. The van der Waals surface area contributed by atoms with Crippen LogP contribution in [-0.2, 0) is 4.74 Å². The van der Waals surface area contributed by atoms with Crippen molar-refractivity contribution in [3.05, 3.63) is 66.4 Å². The van der Waals surface area contributed by atoms with Gasteiger partial charge < -0.3 is 20.1 Å². The highest BCUT2D eigenvalue weighted by Gasteiger charge is 2.17. The van der Waals surface area contributed by atoms with Crippen molar-refractivity contribution in [1.29, 1.82) is 5.26 Å². The smallest absolute Gasteiger partial charge is 0.168 e. The van der Waals surface area contributed by atoms with Crippen LogP contribution in [0, 0.1) is 11.3 Å². The molecule has 1 atom stereocenters. The summed E-state index contributed by atoms with van der Waals surface area (Å²) in [4.78, 5) is 17.8. The SMILES string of the molecule is C=C(C#N)CNc1c(OC)ccc2ccc(-c3cccc(C=O)n3)cc12.CNC1CCCN(CCOC)C1. The minimum Gasteiger partial charge on any atom is -0.495 e. The minimum atomic E-state index is 0.328. The Bertz CT molecular complexity index is 1270. The maximum atomic E-state index is 11.0. The van der Waals surface area contributed by atoms with Crippen LogP contribution >= 0.6 is 0 Å². The lowest BCUT2D eigenvalue weighted by Crippen LogP contribution is -2.45. The highest BCUT2D eigenvalue weighted by molar-refractivity contribution is 5.99. The average molecular weight is 516 g/mol. The predicted octanol–water partition coefficient (Wildman–Crippen LogP) is 4.53. The van der Waals surface area contributed by atoms with Gasteiger partial charge in [0.2, 0.25) is 0 Å². The van der Waals surface area contributed by atoms with Crippen molar-refractivity contribution >= 4 is 22.7 Å². The highest BCUT2D eigenvalue weighted by atomic mass is 16.5. The molecule has 2 aromatic carbocycles. The van der Waals surface area contributed by atoms with Crippen LogP contribution in [0.15, 0.2) is 60.7 Å². The molecule has 2 heterocycles. The number of hydrogen-bond acceptors (Lipinski definition) is 8. The van der Waals surface area contributed by atoms with Crippen LogP contribution in [0.5, 0.6) is 5.75 Å². The number of likely N-dealkylation sites (N-methyl/N-ethyl adjacent to an activating group) is 1. The van der Waals surface area contributed by atoms with Crippen molar-refractivity contribution in [2.45, 2.75) is 18.9 Å². The molecule has 200 valence electrons. The van der Waals surface area contributed by atoms with Gasteiger partial charge in [-0.05, 0) is 56.1 Å². The number of nitrogens with one attached hydrogen (secondary N) is 2. The van der Waals surface area contributed by atoms with Crippen molar-refractivity contribution in [2.75, 3.05) is 59.4 Å². The molecular formula is C30H37N5O3. The number of carbonyl (C=O) groups is 1. The summed E-state index contributed by atoms with van der Waals surface area (Å²) >= 11 is 0. The average Bonchev–Trinajstić information content (AvgIpc) is 2.98. The Balaban J connectivity index is 0.000000279. The molecule has 4 rings (SSSR count). The zero-order valence-corrected chi connectivity index (χ0v) is 22.5. The first-order chi connectivity index (χ1) is 18.5. The zero-order chi connectivity index (χ0) is 27.3. The largest absolute Gasteiger partial charge is 0.495 e. The first-order valence-corrected chi connectivity index (χ1v) is 12.8. The Kier molecular flexibility index (Phi) is 11.2. The fourth-order valence-corrected chi connectivity index (χ4v) is 4.44. The molecule has 2 N–H and O–H groups in total. The number of piperidine rings is 1. The van der Waals surface area contributed by atoms with Gasteiger partial charge in [0.1, 0.15) is 11.4 Å². The molecule has 38 heavy (non-hydrogen) atoms. The number of nitrogens with zero attached hydrogens (tertiary/aromatic N) is 3. The first kappa shape index (κ1) is 28.8. The van der Waals surface area contributed by atoms with Crippen LogP contribution in [0.25, 0.3) is 22.0 Å². The molecule has 0 saturated carbocycles. The number of ether oxygens (including phenoxy) is 2. The van der Waals surface area contributed by atoms with E-state index in [1.165, 1.54) is 25.9 Å². The zero-order valence-electron chi connectivity index (χ0n) is 22.5. The third-order valence-corrected chi connectivity index (χ3v) is 6.55. The molecule has 0 spiro atoms. The molecule has 8 nitrogen and oxygen atoms in total. The van der Waals surface area contributed by atoms with E-state index in [-0.39, 0.29) is 0 Å². The van der Waals surface area contributed by atoms with E-state index >= 15 is 0 Å². The monoisotopic (exact) mass is 515 g/mol. The van der Waals surface area contributed by atoms with Crippen LogP contribution < -0.4 is 15.4 Å². The Morgan fingerprint density at radius 3 is 2.79 bits per heavy atom. The number of fused-ring (bicyclic) bond motifs is 1. The standard InChI is InChI=1S/C21H17N3O2.C9H20N2O/c1-14(11-22)12-23-21-18-10-16(19-5-3-4-17(13-25)24-19)7-6-15(18)8-9-20(21)26-2;1-10-9-4-3-5-11(8-9)6-7-12-2/h3-10,13,23H,1,12H2,2H3;9-10H,3-8H2,1-2H3. The molecule has 3 aromatic rings. The minimum absolute atomic E-state index is 0.328. The van der Waals surface area contributed by atoms with Gasteiger partial charge in [0.15, 0.2) is 6.29 Å². The van der Waals surface area contributed by atoms with Crippen LogP contribution in [0.3, 0.4) is 0 Å². The van der Waals surface area contributed by atoms with Crippen molar-refractivity contribution in [3.63, 3.8) is 0 Å². The summed E-state index contributed by atoms with van der Waals surface area (Å²) in [5.74, 6) is 0.676. The van der Waals surface area contributed by atoms with E-state index in [9.17, 15) is 4.79 Å². The maximum absolute atomic E-state index is 11.0. The molecule has 0 bridgehead atoms. The van der Waals surface area contributed by atoms with Crippen LogP contribution in [-0.4, -0.2) is 76.3 Å². The van der Waals surface area contributed by atoms with E-state index in [1.807, 2.05) is 49.5 Å². The van der Waals surface area contributed by atoms with Gasteiger partial charge in [0.25, 0.3) is 0 Å². The number of carbonyl (C=O) groups excluding carboxylic acids is 1. The van der Waals surface area contributed by atoms with Crippen LogP contribution in [0.4, 0.5) is 5.69 Å². The van der Waals surface area contributed by atoms with Gasteiger partial charge in [-0.15, -0.1) is 0 Å². The number of rotatable bonds is 10. The lowest BCUT2D eigenvalue weighted by atomic mass is 10.0. The van der Waals surface area contributed by atoms with Gasteiger partial charge in [0.05, 0.1) is 31.2 Å². The molecule has 0 radical (unpaired) electrons. The van der Waals surface area contributed by atoms with E-state index in [2.05, 4.69) is 27.1 Å². The fourth-order valence-electron chi connectivity index (χ4n) is 4.44. The Labute approximate surface area is 225 Å². The number of likely N-dealkylation sites (tertiary alicyclic amines) is 1. The highest BCUT2D eigenvalue weighted by Crippen LogP contribution is 2.35. The van der Waals surface area contributed by atoms with Gasteiger partial charge >= 0.3 is 0 Å². The molecule has 0 aliphatic carbocycles. The first-order valence-electron chi connectivity index (χ1n) is 12.8. The molecule has 1 aromatic heterocycles. The Morgan fingerprint density at radius 1 is 1.26 bits per heavy atom. The number of methoxy groups -OCH3 is 2. The van der Waals surface area contributed by atoms with Crippen molar-refractivity contribution < 1.29 is 14.3 Å². The number of aldehydes is 1. The van der Waals surface area contributed by atoms with Gasteiger partial charge in [-0.25, -0.2) is 4.98 Å². The van der Waals surface area contributed by atoms with Crippen molar-refractivity contribution in [3.8, 4) is 23.1 Å².